The number of nitrogens with zero attached hydrogens (tertiary/aromatic N) is 3. The molecule has 1 atom stereocenters. The van der Waals surface area contributed by atoms with E-state index in [0.29, 0.717) is 33.8 Å². The molecule has 1 aromatic carbocycles. The molecule has 2 aromatic heterocycles. The minimum Gasteiger partial charge on any atom is -0.378 e. The van der Waals surface area contributed by atoms with Crippen molar-refractivity contribution in [3.8, 4) is 11.3 Å². The van der Waals surface area contributed by atoms with Crippen molar-refractivity contribution in [2.45, 2.75) is 25.4 Å². The van der Waals surface area contributed by atoms with E-state index >= 15 is 0 Å². The second-order valence-electron chi connectivity index (χ2n) is 6.35. The molecule has 1 saturated heterocycles. The monoisotopic (exact) mass is 384 g/mol. The van der Waals surface area contributed by atoms with Gasteiger partial charge >= 0.3 is 0 Å². The predicted molar refractivity (Wildman–Crippen MR) is 102 cm³/mol. The van der Waals surface area contributed by atoms with Gasteiger partial charge in [0, 0.05) is 23.8 Å². The van der Waals surface area contributed by atoms with Crippen LogP contribution in [0.5, 0.6) is 0 Å². The first kappa shape index (κ1) is 17.6. The summed E-state index contributed by atoms with van der Waals surface area (Å²) in [5.74, 6) is -0.314. The van der Waals surface area contributed by atoms with E-state index in [1.165, 1.54) is 0 Å². The van der Waals surface area contributed by atoms with Crippen LogP contribution < -0.4 is 11.0 Å². The maximum atomic E-state index is 12.8. The van der Waals surface area contributed by atoms with Gasteiger partial charge in [-0.25, -0.2) is 10.4 Å². The van der Waals surface area contributed by atoms with Crippen molar-refractivity contribution in [2.24, 2.45) is 0 Å². The summed E-state index contributed by atoms with van der Waals surface area (Å²) in [5, 5.41) is 5.82. The first-order chi connectivity index (χ1) is 13.1. The van der Waals surface area contributed by atoms with Gasteiger partial charge in [-0.2, -0.15) is 0 Å². The molecular weight excluding hydrogens is 368 g/mol. The first-order valence-corrected chi connectivity index (χ1v) is 9.05. The number of pyridine rings is 1. The van der Waals surface area contributed by atoms with E-state index in [4.69, 9.17) is 16.3 Å². The predicted octanol–water partition coefficient (Wildman–Crippen LogP) is 2.75. The summed E-state index contributed by atoms with van der Waals surface area (Å²) in [7, 11) is 0. The normalized spacial score (nSPS) is 16.6. The van der Waals surface area contributed by atoms with Gasteiger partial charge in [0.15, 0.2) is 0 Å². The number of halogens is 1. The number of rotatable bonds is 4. The minimum atomic E-state index is -0.393. The van der Waals surface area contributed by atoms with Crippen LogP contribution in [0.4, 0.5) is 0 Å². The lowest BCUT2D eigenvalue weighted by atomic mass is 10.1. The van der Waals surface area contributed by atoms with Gasteiger partial charge in [0.1, 0.15) is 10.8 Å². The Morgan fingerprint density at radius 2 is 2.11 bits per heavy atom. The molecule has 0 saturated carbocycles. The van der Waals surface area contributed by atoms with E-state index in [9.17, 15) is 9.59 Å². The Labute approximate surface area is 159 Å². The number of benzene rings is 1. The highest BCUT2D eigenvalue weighted by atomic mass is 35.5. The molecular formula is C19H17ClN4O3. The van der Waals surface area contributed by atoms with Gasteiger partial charge in [-0.15, -0.1) is 9.89 Å². The molecule has 0 radical (unpaired) electrons. The van der Waals surface area contributed by atoms with Crippen molar-refractivity contribution < 1.29 is 9.53 Å². The Kier molecular flexibility index (Phi) is 4.87. The summed E-state index contributed by atoms with van der Waals surface area (Å²) >= 11 is 6.01. The van der Waals surface area contributed by atoms with Crippen molar-refractivity contribution in [3.63, 3.8) is 0 Å². The third-order valence-electron chi connectivity index (χ3n) is 4.47. The summed E-state index contributed by atoms with van der Waals surface area (Å²) in [6.07, 6.45) is 3.43. The number of hydrogen-bond donors (Lipinski definition) is 1. The fraction of sp³-hybridized carbons (Fsp3) is 0.263. The maximum Gasteiger partial charge on any atom is 0.294 e. The molecule has 0 spiro atoms. The lowest BCUT2D eigenvalue weighted by molar-refractivity contribution is -0.119. The van der Waals surface area contributed by atoms with Gasteiger partial charge in [0.05, 0.1) is 17.9 Å². The van der Waals surface area contributed by atoms with Gasteiger partial charge in [-0.05, 0) is 31.0 Å². The maximum absolute atomic E-state index is 12.8. The third-order valence-corrected chi connectivity index (χ3v) is 4.68. The summed E-state index contributed by atoms with van der Waals surface area (Å²) in [4.78, 5) is 30.1. The number of nitrogens with one attached hydrogen (secondary N) is 1. The van der Waals surface area contributed by atoms with E-state index in [1.54, 1.807) is 30.5 Å². The lowest BCUT2D eigenvalue weighted by Crippen LogP contribution is -2.36. The minimum absolute atomic E-state index is 0.111. The highest BCUT2D eigenvalue weighted by Crippen LogP contribution is 2.25. The number of hydrogen-bond acceptors (Lipinski definition) is 5. The van der Waals surface area contributed by atoms with Crippen LogP contribution in [-0.2, 0) is 9.53 Å². The molecule has 27 heavy (non-hydrogen) atoms. The SMILES string of the molecule is O=C(CC1CCCO1)Nn1nc(-c2ccnc(Cl)c2)c2ccccc2c1=O. The topological polar surface area (TPSA) is 86.1 Å². The van der Waals surface area contributed by atoms with Crippen LogP contribution in [0.2, 0.25) is 5.15 Å². The number of carbonyl (C=O) groups is 1. The van der Waals surface area contributed by atoms with Crippen molar-refractivity contribution in [1.29, 1.82) is 0 Å². The fourth-order valence-corrected chi connectivity index (χ4v) is 3.38. The molecule has 7 nitrogen and oxygen atoms in total. The highest BCUT2D eigenvalue weighted by molar-refractivity contribution is 6.29. The van der Waals surface area contributed by atoms with E-state index in [0.717, 1.165) is 17.6 Å². The van der Waals surface area contributed by atoms with Gasteiger partial charge in [0.2, 0.25) is 5.91 Å². The van der Waals surface area contributed by atoms with Crippen molar-refractivity contribution in [1.82, 2.24) is 14.9 Å². The Balaban J connectivity index is 1.75. The van der Waals surface area contributed by atoms with Gasteiger partial charge in [0.25, 0.3) is 5.56 Å². The molecule has 8 heteroatoms. The first-order valence-electron chi connectivity index (χ1n) is 8.67. The van der Waals surface area contributed by atoms with Crippen molar-refractivity contribution in [3.05, 3.63) is 58.1 Å². The largest absolute Gasteiger partial charge is 0.378 e. The summed E-state index contributed by atoms with van der Waals surface area (Å²) < 4.78 is 5.48. The molecule has 0 bridgehead atoms. The number of ether oxygens (including phenoxy) is 1. The smallest absolute Gasteiger partial charge is 0.294 e. The van der Waals surface area contributed by atoms with Crippen LogP contribution >= 0.6 is 11.6 Å². The molecule has 1 aliphatic heterocycles. The molecule has 1 fully saturated rings. The van der Waals surface area contributed by atoms with Crippen LogP contribution in [0.25, 0.3) is 22.0 Å². The zero-order chi connectivity index (χ0) is 18.8. The van der Waals surface area contributed by atoms with Crippen LogP contribution in [0.3, 0.4) is 0 Å². The molecule has 3 heterocycles. The Bertz CT molecular complexity index is 1060. The van der Waals surface area contributed by atoms with Crippen LogP contribution in [0, 0.1) is 0 Å². The quantitative estimate of drug-likeness (QED) is 0.699. The average Bonchev–Trinajstić information content (AvgIpc) is 3.17. The second-order valence-corrected chi connectivity index (χ2v) is 6.74. The number of fused-ring (bicyclic) bond motifs is 1. The summed E-state index contributed by atoms with van der Waals surface area (Å²) in [5.41, 5.74) is 3.42. The number of carbonyl (C=O) groups excluding carboxylic acids is 1. The molecule has 138 valence electrons. The zero-order valence-corrected chi connectivity index (χ0v) is 15.1. The van der Waals surface area contributed by atoms with Crippen LogP contribution in [-0.4, -0.2) is 33.5 Å². The number of aromatic nitrogens is 3. The fourth-order valence-electron chi connectivity index (χ4n) is 3.20. The summed E-state index contributed by atoms with van der Waals surface area (Å²) in [6.45, 7) is 0.666. The standard InChI is InChI=1S/C19H17ClN4O3/c20-16-10-12(7-8-21-16)18-14-5-1-2-6-15(14)19(26)24(23-18)22-17(25)11-13-4-3-9-27-13/h1-2,5-8,10,13H,3-4,9,11H2,(H,22,25). The molecule has 0 aliphatic carbocycles. The van der Waals surface area contributed by atoms with E-state index in [1.807, 2.05) is 12.1 Å². The number of amides is 1. The third kappa shape index (κ3) is 3.70. The van der Waals surface area contributed by atoms with E-state index < -0.39 is 5.56 Å². The molecule has 1 amide bonds. The summed E-state index contributed by atoms with van der Waals surface area (Å²) in [6, 6.07) is 10.5. The zero-order valence-electron chi connectivity index (χ0n) is 14.4. The average molecular weight is 385 g/mol. The van der Waals surface area contributed by atoms with Gasteiger partial charge < -0.3 is 4.74 Å². The van der Waals surface area contributed by atoms with Gasteiger partial charge in [-0.3, -0.25) is 9.59 Å². The molecule has 1 aliphatic rings. The molecule has 1 N–H and O–H groups in total. The Morgan fingerprint density at radius 1 is 1.30 bits per heavy atom. The van der Waals surface area contributed by atoms with Gasteiger partial charge in [-0.1, -0.05) is 29.8 Å². The molecule has 4 rings (SSSR count). The molecule has 1 unspecified atom stereocenters. The van der Waals surface area contributed by atoms with E-state index in [2.05, 4.69) is 15.5 Å². The van der Waals surface area contributed by atoms with Crippen molar-refractivity contribution in [2.75, 3.05) is 12.0 Å². The van der Waals surface area contributed by atoms with Crippen LogP contribution in [0.15, 0.2) is 47.4 Å². The highest BCUT2D eigenvalue weighted by Gasteiger charge is 2.20. The van der Waals surface area contributed by atoms with Crippen LogP contribution in [0.1, 0.15) is 19.3 Å². The Hall–Kier alpha value is -2.77. The molecule has 3 aromatic rings. The van der Waals surface area contributed by atoms with E-state index in [-0.39, 0.29) is 18.4 Å². The second kappa shape index (κ2) is 7.46. The van der Waals surface area contributed by atoms with Crippen molar-refractivity contribution >= 4 is 28.3 Å². The lowest BCUT2D eigenvalue weighted by Gasteiger charge is -2.13. The Morgan fingerprint density at radius 3 is 2.85 bits per heavy atom.